The fourth-order valence-corrected chi connectivity index (χ4v) is 5.05. The summed E-state index contributed by atoms with van der Waals surface area (Å²) in [5.41, 5.74) is 3.10. The number of carbonyl (C=O) groups is 2. The molecule has 3 aromatic carbocycles. The SMILES string of the molecule is O=C1C(=O)N(c2ccc(N3CCCCC3)cc2)C(c2ccccc2)/C1=C(\O)c1ccc(Br)cc1. The number of Topliss-reactive ketones (excluding diaryl/α,β-unsaturated/α-hetero) is 1. The average molecular weight is 517 g/mol. The normalized spacial score (nSPS) is 20.1. The lowest BCUT2D eigenvalue weighted by Gasteiger charge is -2.30. The van der Waals surface area contributed by atoms with Gasteiger partial charge in [-0.05, 0) is 61.2 Å². The van der Waals surface area contributed by atoms with Crippen LogP contribution in [0.5, 0.6) is 0 Å². The zero-order valence-corrected chi connectivity index (χ0v) is 20.2. The molecule has 172 valence electrons. The Balaban J connectivity index is 1.59. The molecule has 2 aliphatic rings. The van der Waals surface area contributed by atoms with Crippen molar-refractivity contribution in [3.05, 3.63) is 100 Å². The number of nitrogens with zero attached hydrogens (tertiary/aromatic N) is 2. The smallest absolute Gasteiger partial charge is 0.300 e. The van der Waals surface area contributed by atoms with E-state index in [0.717, 1.165) is 28.8 Å². The number of hydrogen-bond acceptors (Lipinski definition) is 4. The van der Waals surface area contributed by atoms with Gasteiger partial charge in [0, 0.05) is 34.5 Å². The van der Waals surface area contributed by atoms with Crippen molar-refractivity contribution in [3.63, 3.8) is 0 Å². The number of amides is 1. The molecule has 0 bridgehead atoms. The van der Waals surface area contributed by atoms with Crippen LogP contribution in [0.3, 0.4) is 0 Å². The van der Waals surface area contributed by atoms with Gasteiger partial charge in [0.2, 0.25) is 0 Å². The third-order valence-corrected chi connectivity index (χ3v) is 7.06. The molecular formula is C28H25BrN2O3. The lowest BCUT2D eigenvalue weighted by molar-refractivity contribution is -0.132. The minimum absolute atomic E-state index is 0.0960. The van der Waals surface area contributed by atoms with Crippen LogP contribution in [0.1, 0.15) is 36.4 Å². The topological polar surface area (TPSA) is 60.9 Å². The van der Waals surface area contributed by atoms with Crippen molar-refractivity contribution in [2.24, 2.45) is 0 Å². The monoisotopic (exact) mass is 516 g/mol. The highest BCUT2D eigenvalue weighted by atomic mass is 79.9. The Kier molecular flexibility index (Phi) is 6.24. The standard InChI is InChI=1S/C28H25BrN2O3/c29-21-11-9-20(10-12-21)26(32)24-25(19-7-3-1-4-8-19)31(28(34)27(24)33)23-15-13-22(14-16-23)30-17-5-2-6-18-30/h1,3-4,7-16,25,32H,2,5-6,17-18H2/b26-24+. The quantitative estimate of drug-likeness (QED) is 0.260. The highest BCUT2D eigenvalue weighted by molar-refractivity contribution is 9.10. The molecular weight excluding hydrogens is 492 g/mol. The van der Waals surface area contributed by atoms with E-state index in [2.05, 4.69) is 20.8 Å². The molecule has 0 aromatic heterocycles. The second-order valence-corrected chi connectivity index (χ2v) is 9.57. The maximum atomic E-state index is 13.3. The first-order valence-corrected chi connectivity index (χ1v) is 12.3. The van der Waals surface area contributed by atoms with E-state index in [4.69, 9.17) is 0 Å². The summed E-state index contributed by atoms with van der Waals surface area (Å²) in [4.78, 5) is 30.4. The van der Waals surface area contributed by atoms with Crippen LogP contribution < -0.4 is 9.80 Å². The maximum absolute atomic E-state index is 13.3. The average Bonchev–Trinajstić information content (AvgIpc) is 3.15. The first-order valence-electron chi connectivity index (χ1n) is 11.5. The van der Waals surface area contributed by atoms with Gasteiger partial charge in [-0.15, -0.1) is 0 Å². The Morgan fingerprint density at radius 3 is 2.06 bits per heavy atom. The van der Waals surface area contributed by atoms with Crippen LogP contribution in [0.2, 0.25) is 0 Å². The maximum Gasteiger partial charge on any atom is 0.300 e. The zero-order chi connectivity index (χ0) is 23.7. The molecule has 2 heterocycles. The number of halogens is 1. The minimum atomic E-state index is -0.717. The van der Waals surface area contributed by atoms with Gasteiger partial charge in [0.25, 0.3) is 11.7 Å². The van der Waals surface area contributed by atoms with E-state index in [0.29, 0.717) is 11.3 Å². The van der Waals surface area contributed by atoms with Gasteiger partial charge < -0.3 is 10.0 Å². The molecule has 1 N–H and O–H groups in total. The molecule has 34 heavy (non-hydrogen) atoms. The second-order valence-electron chi connectivity index (χ2n) is 8.65. The van der Waals surface area contributed by atoms with Gasteiger partial charge in [0.15, 0.2) is 0 Å². The number of anilines is 2. The van der Waals surface area contributed by atoms with Crippen molar-refractivity contribution < 1.29 is 14.7 Å². The van der Waals surface area contributed by atoms with Crippen molar-refractivity contribution in [2.45, 2.75) is 25.3 Å². The molecule has 0 saturated carbocycles. The van der Waals surface area contributed by atoms with Crippen LogP contribution >= 0.6 is 15.9 Å². The largest absolute Gasteiger partial charge is 0.507 e. The van der Waals surface area contributed by atoms with Crippen molar-refractivity contribution in [1.29, 1.82) is 0 Å². The van der Waals surface area contributed by atoms with Crippen LogP contribution in [0, 0.1) is 0 Å². The predicted molar refractivity (Wildman–Crippen MR) is 138 cm³/mol. The van der Waals surface area contributed by atoms with Crippen molar-refractivity contribution in [1.82, 2.24) is 0 Å². The molecule has 2 fully saturated rings. The van der Waals surface area contributed by atoms with Crippen LogP contribution in [-0.2, 0) is 9.59 Å². The van der Waals surface area contributed by atoms with Gasteiger partial charge in [-0.25, -0.2) is 0 Å². The summed E-state index contributed by atoms with van der Waals surface area (Å²) in [6, 6.07) is 23.5. The first kappa shape index (κ1) is 22.4. The fourth-order valence-electron chi connectivity index (χ4n) is 4.79. The molecule has 1 amide bonds. The van der Waals surface area contributed by atoms with E-state index in [1.54, 1.807) is 24.3 Å². The molecule has 6 heteroatoms. The van der Waals surface area contributed by atoms with Crippen LogP contribution in [0.25, 0.3) is 5.76 Å². The summed E-state index contributed by atoms with van der Waals surface area (Å²) in [7, 11) is 0. The van der Waals surface area contributed by atoms with Crippen molar-refractivity contribution >= 4 is 44.8 Å². The molecule has 5 rings (SSSR count). The Labute approximate surface area is 207 Å². The highest BCUT2D eigenvalue weighted by Crippen LogP contribution is 2.42. The third-order valence-electron chi connectivity index (χ3n) is 6.53. The van der Waals surface area contributed by atoms with Gasteiger partial charge in [0.1, 0.15) is 5.76 Å². The van der Waals surface area contributed by atoms with E-state index in [-0.39, 0.29) is 11.3 Å². The fraction of sp³-hybridized carbons (Fsp3) is 0.214. The van der Waals surface area contributed by atoms with Gasteiger partial charge in [-0.1, -0.05) is 58.4 Å². The Morgan fingerprint density at radius 1 is 0.794 bits per heavy atom. The Hall–Kier alpha value is -3.38. The second kappa shape index (κ2) is 9.47. The molecule has 0 radical (unpaired) electrons. The van der Waals surface area contributed by atoms with Crippen LogP contribution in [-0.4, -0.2) is 29.9 Å². The number of piperidine rings is 1. The van der Waals surface area contributed by atoms with E-state index in [1.807, 2.05) is 54.6 Å². The van der Waals surface area contributed by atoms with E-state index < -0.39 is 17.7 Å². The number of aliphatic hydroxyl groups is 1. The minimum Gasteiger partial charge on any atom is -0.507 e. The third kappa shape index (κ3) is 4.14. The van der Waals surface area contributed by atoms with Crippen LogP contribution in [0.15, 0.2) is 88.9 Å². The molecule has 2 saturated heterocycles. The molecule has 1 atom stereocenters. The number of ketones is 1. The predicted octanol–water partition coefficient (Wildman–Crippen LogP) is 6.07. The summed E-state index contributed by atoms with van der Waals surface area (Å²) in [5, 5.41) is 11.2. The summed E-state index contributed by atoms with van der Waals surface area (Å²) < 4.78 is 0.859. The molecule has 0 spiro atoms. The summed E-state index contributed by atoms with van der Waals surface area (Å²) >= 11 is 3.39. The highest BCUT2D eigenvalue weighted by Gasteiger charge is 2.46. The molecule has 1 unspecified atom stereocenters. The molecule has 5 nitrogen and oxygen atoms in total. The first-order chi connectivity index (χ1) is 16.5. The Morgan fingerprint density at radius 2 is 1.41 bits per heavy atom. The van der Waals surface area contributed by atoms with Crippen molar-refractivity contribution in [2.75, 3.05) is 22.9 Å². The lowest BCUT2D eigenvalue weighted by Crippen LogP contribution is -2.30. The summed E-state index contributed by atoms with van der Waals surface area (Å²) in [6.07, 6.45) is 3.62. The van der Waals surface area contributed by atoms with Gasteiger partial charge in [0.05, 0.1) is 11.6 Å². The van der Waals surface area contributed by atoms with E-state index >= 15 is 0 Å². The molecule has 2 aliphatic heterocycles. The Bertz CT molecular complexity index is 1230. The van der Waals surface area contributed by atoms with E-state index in [9.17, 15) is 14.7 Å². The lowest BCUT2D eigenvalue weighted by atomic mass is 9.95. The van der Waals surface area contributed by atoms with Gasteiger partial charge >= 0.3 is 0 Å². The van der Waals surface area contributed by atoms with Gasteiger partial charge in [-0.2, -0.15) is 0 Å². The number of rotatable bonds is 4. The number of hydrogen-bond donors (Lipinski definition) is 1. The summed E-state index contributed by atoms with van der Waals surface area (Å²) in [5.74, 6) is -1.50. The summed E-state index contributed by atoms with van der Waals surface area (Å²) in [6.45, 7) is 2.06. The molecule has 3 aromatic rings. The number of carbonyl (C=O) groups excluding carboxylic acids is 2. The number of aliphatic hydroxyl groups excluding tert-OH is 1. The molecule has 0 aliphatic carbocycles. The number of benzene rings is 3. The zero-order valence-electron chi connectivity index (χ0n) is 18.7. The van der Waals surface area contributed by atoms with Crippen molar-refractivity contribution in [3.8, 4) is 0 Å². The van der Waals surface area contributed by atoms with E-state index in [1.165, 1.54) is 24.2 Å². The van der Waals surface area contributed by atoms with Crippen LogP contribution in [0.4, 0.5) is 11.4 Å². The van der Waals surface area contributed by atoms with Gasteiger partial charge in [-0.3, -0.25) is 14.5 Å².